The molecule has 1 aliphatic rings. The molecule has 0 N–H and O–H groups in total. The molecule has 1 aliphatic heterocycles. The number of aryl methyl sites for hydroxylation is 1. The number of hydrogen-bond donors (Lipinski definition) is 0. The first-order valence-corrected chi connectivity index (χ1v) is 12.7. The van der Waals surface area contributed by atoms with Gasteiger partial charge in [0.2, 0.25) is 0 Å². The zero-order valence-corrected chi connectivity index (χ0v) is 21.7. The third-order valence-corrected chi connectivity index (χ3v) is 6.79. The van der Waals surface area contributed by atoms with Gasteiger partial charge >= 0.3 is 0 Å². The number of carbonyl (C=O) groups is 1. The maximum absolute atomic E-state index is 13.6. The first kappa shape index (κ1) is 24.9. The molecule has 4 rings (SSSR count). The molecule has 35 heavy (non-hydrogen) atoms. The number of rotatable bonds is 6. The Balaban J connectivity index is 1.65. The van der Waals surface area contributed by atoms with Crippen LogP contribution >= 0.6 is 0 Å². The Morgan fingerprint density at radius 1 is 0.686 bits per heavy atom. The van der Waals surface area contributed by atoms with E-state index < -0.39 is 0 Å². The molecule has 2 nitrogen and oxygen atoms in total. The van der Waals surface area contributed by atoms with E-state index in [1.165, 1.54) is 22.3 Å². The van der Waals surface area contributed by atoms with Crippen molar-refractivity contribution >= 4 is 17.9 Å². The average Bonchev–Trinajstić information content (AvgIpc) is 2.84. The van der Waals surface area contributed by atoms with Crippen LogP contribution in [0.15, 0.2) is 83.9 Å². The molecule has 1 heterocycles. The smallest absolute Gasteiger partial charge is 0.187 e. The quantitative estimate of drug-likeness (QED) is 0.348. The fourth-order valence-electron chi connectivity index (χ4n) is 4.53. The van der Waals surface area contributed by atoms with Gasteiger partial charge in [0.05, 0.1) is 0 Å². The van der Waals surface area contributed by atoms with Crippen LogP contribution in [0.25, 0.3) is 12.2 Å². The van der Waals surface area contributed by atoms with Crippen LogP contribution in [0.1, 0.15) is 72.9 Å². The summed E-state index contributed by atoms with van der Waals surface area (Å²) in [6.07, 6.45) is 4.15. The minimum atomic E-state index is 0.158. The molecule has 1 fully saturated rings. The van der Waals surface area contributed by atoms with Crippen LogP contribution in [-0.4, -0.2) is 23.8 Å². The van der Waals surface area contributed by atoms with E-state index in [1.807, 2.05) is 0 Å². The molecule has 0 saturated carbocycles. The number of benzene rings is 3. The van der Waals surface area contributed by atoms with Crippen molar-refractivity contribution in [3.05, 3.63) is 117 Å². The van der Waals surface area contributed by atoms with Crippen molar-refractivity contribution in [3.8, 4) is 0 Å². The fraction of sp³-hybridized carbons (Fsp3) is 0.303. The summed E-state index contributed by atoms with van der Waals surface area (Å²) < 4.78 is 0. The highest BCUT2D eigenvalue weighted by atomic mass is 16.1. The molecule has 0 radical (unpaired) electrons. The Hall–Kier alpha value is -3.23. The molecule has 2 heteroatoms. The number of hydrogen-bond acceptors (Lipinski definition) is 2. The normalized spacial score (nSPS) is 17.2. The van der Waals surface area contributed by atoms with Crippen molar-refractivity contribution in [1.29, 1.82) is 0 Å². The van der Waals surface area contributed by atoms with Gasteiger partial charge in [-0.05, 0) is 58.7 Å². The SMILES string of the molecule is Cc1ccc(CN2CC(=Cc3ccc(C(C)C)cc3)C(=O)C(=Cc3ccc(C(C)C)cc3)C2)cc1. The van der Waals surface area contributed by atoms with Crippen LogP contribution < -0.4 is 0 Å². The van der Waals surface area contributed by atoms with E-state index in [0.717, 1.165) is 28.8 Å². The van der Waals surface area contributed by atoms with Crippen molar-refractivity contribution in [3.63, 3.8) is 0 Å². The van der Waals surface area contributed by atoms with Crippen LogP contribution in [0.5, 0.6) is 0 Å². The van der Waals surface area contributed by atoms with Gasteiger partial charge in [0.1, 0.15) is 0 Å². The maximum Gasteiger partial charge on any atom is 0.187 e. The predicted molar refractivity (Wildman–Crippen MR) is 148 cm³/mol. The van der Waals surface area contributed by atoms with Crippen LogP contribution in [0, 0.1) is 6.92 Å². The van der Waals surface area contributed by atoms with Gasteiger partial charge in [0.15, 0.2) is 5.78 Å². The Morgan fingerprint density at radius 2 is 1.11 bits per heavy atom. The molecule has 0 amide bonds. The van der Waals surface area contributed by atoms with Gasteiger partial charge in [0.25, 0.3) is 0 Å². The second-order valence-electron chi connectivity index (χ2n) is 10.4. The maximum atomic E-state index is 13.6. The number of likely N-dealkylation sites (tertiary alicyclic amines) is 1. The van der Waals surface area contributed by atoms with E-state index in [1.54, 1.807) is 0 Å². The second kappa shape index (κ2) is 11.0. The van der Waals surface area contributed by atoms with E-state index in [-0.39, 0.29) is 5.78 Å². The Bertz CT molecular complexity index is 1140. The van der Waals surface area contributed by atoms with E-state index >= 15 is 0 Å². The number of piperidine rings is 1. The minimum Gasteiger partial charge on any atom is -0.290 e. The largest absolute Gasteiger partial charge is 0.290 e. The summed E-state index contributed by atoms with van der Waals surface area (Å²) >= 11 is 0. The summed E-state index contributed by atoms with van der Waals surface area (Å²) in [5.74, 6) is 1.15. The van der Waals surface area contributed by atoms with Crippen LogP contribution in [-0.2, 0) is 11.3 Å². The summed E-state index contributed by atoms with van der Waals surface area (Å²) in [5, 5.41) is 0. The van der Waals surface area contributed by atoms with Gasteiger partial charge < -0.3 is 0 Å². The Kier molecular flexibility index (Phi) is 7.83. The van der Waals surface area contributed by atoms with E-state index in [9.17, 15) is 4.79 Å². The van der Waals surface area contributed by atoms with Crippen LogP contribution in [0.2, 0.25) is 0 Å². The van der Waals surface area contributed by atoms with E-state index in [2.05, 4.69) is 124 Å². The van der Waals surface area contributed by atoms with Crippen molar-refractivity contribution in [1.82, 2.24) is 4.90 Å². The first-order chi connectivity index (χ1) is 16.8. The van der Waals surface area contributed by atoms with Gasteiger partial charge in [-0.3, -0.25) is 9.69 Å². The molecule has 1 saturated heterocycles. The fourth-order valence-corrected chi connectivity index (χ4v) is 4.53. The molecule has 3 aromatic carbocycles. The summed E-state index contributed by atoms with van der Waals surface area (Å²) in [6, 6.07) is 25.9. The van der Waals surface area contributed by atoms with Gasteiger partial charge in [-0.1, -0.05) is 106 Å². The molecule has 0 spiro atoms. The lowest BCUT2D eigenvalue weighted by molar-refractivity contribution is -0.113. The standard InChI is InChI=1S/C33H37NO/c1-23(2)29-14-10-26(11-15-29)18-31-21-34(20-28-8-6-25(5)7-9-28)22-32(33(31)35)19-27-12-16-30(17-13-27)24(3)4/h6-19,23-24H,20-22H2,1-5H3. The van der Waals surface area contributed by atoms with E-state index in [4.69, 9.17) is 0 Å². The highest BCUT2D eigenvalue weighted by molar-refractivity contribution is 6.14. The summed E-state index contributed by atoms with van der Waals surface area (Å²) in [4.78, 5) is 15.9. The molecule has 0 atom stereocenters. The number of nitrogens with zero attached hydrogens (tertiary/aromatic N) is 1. The lowest BCUT2D eigenvalue weighted by Crippen LogP contribution is -2.37. The van der Waals surface area contributed by atoms with Crippen molar-refractivity contribution in [2.45, 2.75) is 53.0 Å². The third-order valence-electron chi connectivity index (χ3n) is 6.79. The summed E-state index contributed by atoms with van der Waals surface area (Å²) in [6.45, 7) is 13.0. The van der Waals surface area contributed by atoms with E-state index in [0.29, 0.717) is 24.9 Å². The zero-order chi connectivity index (χ0) is 24.9. The predicted octanol–water partition coefficient (Wildman–Crippen LogP) is 7.79. The van der Waals surface area contributed by atoms with Crippen molar-refractivity contribution in [2.75, 3.05) is 13.1 Å². The lowest BCUT2D eigenvalue weighted by atomic mass is 9.93. The minimum absolute atomic E-state index is 0.158. The Morgan fingerprint density at radius 3 is 1.51 bits per heavy atom. The average molecular weight is 464 g/mol. The van der Waals surface area contributed by atoms with Gasteiger partial charge in [-0.2, -0.15) is 0 Å². The molecule has 0 unspecified atom stereocenters. The summed E-state index contributed by atoms with van der Waals surface area (Å²) in [5.41, 5.74) is 9.02. The van der Waals surface area contributed by atoms with Crippen molar-refractivity contribution in [2.24, 2.45) is 0 Å². The molecule has 3 aromatic rings. The van der Waals surface area contributed by atoms with Crippen LogP contribution in [0.3, 0.4) is 0 Å². The monoisotopic (exact) mass is 463 g/mol. The van der Waals surface area contributed by atoms with Gasteiger partial charge in [-0.15, -0.1) is 0 Å². The number of ketones is 1. The molecule has 0 aromatic heterocycles. The molecule has 0 aliphatic carbocycles. The zero-order valence-electron chi connectivity index (χ0n) is 21.7. The first-order valence-electron chi connectivity index (χ1n) is 12.7. The number of Topliss-reactive ketones (excluding diaryl/α,β-unsaturated/α-hetero) is 1. The topological polar surface area (TPSA) is 20.3 Å². The highest BCUT2D eigenvalue weighted by Gasteiger charge is 2.26. The lowest BCUT2D eigenvalue weighted by Gasteiger charge is -2.30. The van der Waals surface area contributed by atoms with Crippen molar-refractivity contribution < 1.29 is 4.79 Å². The third kappa shape index (κ3) is 6.46. The molecular formula is C33H37NO. The summed E-state index contributed by atoms with van der Waals surface area (Å²) in [7, 11) is 0. The highest BCUT2D eigenvalue weighted by Crippen LogP contribution is 2.25. The second-order valence-corrected chi connectivity index (χ2v) is 10.4. The molecule has 180 valence electrons. The number of carbonyl (C=O) groups excluding carboxylic acids is 1. The van der Waals surface area contributed by atoms with Crippen LogP contribution in [0.4, 0.5) is 0 Å². The van der Waals surface area contributed by atoms with Gasteiger partial charge in [-0.25, -0.2) is 0 Å². The van der Waals surface area contributed by atoms with Gasteiger partial charge in [0, 0.05) is 30.8 Å². The Labute approximate surface area is 211 Å². The molecular weight excluding hydrogens is 426 g/mol. The molecule has 0 bridgehead atoms.